The van der Waals surface area contributed by atoms with Crippen LogP contribution in [0.5, 0.6) is 0 Å². The van der Waals surface area contributed by atoms with E-state index in [1.54, 1.807) is 0 Å². The summed E-state index contributed by atoms with van der Waals surface area (Å²) in [4.78, 5) is 12.8. The molecule has 1 aromatic heterocycles. The number of rotatable bonds is 0. The molecule has 0 spiro atoms. The second kappa shape index (κ2) is 4.66. The van der Waals surface area contributed by atoms with Crippen molar-refractivity contribution in [3.63, 3.8) is 0 Å². The fourth-order valence-corrected chi connectivity index (χ4v) is 3.19. The summed E-state index contributed by atoms with van der Waals surface area (Å²) in [7, 11) is 0. The number of hydrogen-bond donors (Lipinski definition) is 2. The average Bonchev–Trinajstić information content (AvgIpc) is 2.67. The Labute approximate surface area is 120 Å². The summed E-state index contributed by atoms with van der Waals surface area (Å²) in [5, 5.41) is 14.0. The van der Waals surface area contributed by atoms with Gasteiger partial charge in [0, 0.05) is 24.4 Å². The molecule has 0 saturated carbocycles. The fraction of sp³-hybridized carbons (Fsp3) is 0.692. The number of nitrogens with zero attached hydrogens (tertiary/aromatic N) is 3. The first kappa shape index (κ1) is 14.2. The van der Waals surface area contributed by atoms with Crippen LogP contribution in [0.2, 0.25) is 0 Å². The Bertz CT molecular complexity index is 587. The van der Waals surface area contributed by atoms with Gasteiger partial charge in [-0.1, -0.05) is 0 Å². The van der Waals surface area contributed by atoms with Gasteiger partial charge < -0.3 is 15.7 Å². The van der Waals surface area contributed by atoms with E-state index in [1.165, 1.54) is 9.58 Å². The lowest BCUT2D eigenvalue weighted by Gasteiger charge is -2.32. The molecule has 2 amide bonds. The molecule has 0 aliphatic carbocycles. The van der Waals surface area contributed by atoms with Crippen LogP contribution < -0.4 is 5.73 Å². The predicted molar refractivity (Wildman–Crippen MR) is 69.7 cm³/mol. The molecule has 0 aromatic carbocycles. The average molecular weight is 300 g/mol. The molecule has 3 rings (SSSR count). The molecule has 6 nitrogen and oxygen atoms in total. The van der Waals surface area contributed by atoms with Gasteiger partial charge in [0.15, 0.2) is 0 Å². The SMILES string of the molecule is CC1Cc2nn3c(c2CN1C(N)=O)C(F)(F)CCC(O)C3. The van der Waals surface area contributed by atoms with Crippen molar-refractivity contribution in [3.8, 4) is 0 Å². The maximum atomic E-state index is 14.4. The monoisotopic (exact) mass is 300 g/mol. The lowest BCUT2D eigenvalue weighted by molar-refractivity contribution is -0.0250. The van der Waals surface area contributed by atoms with Gasteiger partial charge in [-0.05, 0) is 13.3 Å². The first-order valence-electron chi connectivity index (χ1n) is 7.00. The molecule has 1 aromatic rings. The minimum Gasteiger partial charge on any atom is -0.391 e. The van der Waals surface area contributed by atoms with Gasteiger partial charge in [0.2, 0.25) is 0 Å². The van der Waals surface area contributed by atoms with Crippen LogP contribution in [0.25, 0.3) is 0 Å². The zero-order valence-corrected chi connectivity index (χ0v) is 11.7. The number of carbonyl (C=O) groups is 1. The summed E-state index contributed by atoms with van der Waals surface area (Å²) < 4.78 is 29.9. The van der Waals surface area contributed by atoms with E-state index in [2.05, 4.69) is 5.10 Å². The van der Waals surface area contributed by atoms with Gasteiger partial charge in [0.05, 0.1) is 24.9 Å². The van der Waals surface area contributed by atoms with E-state index in [-0.39, 0.29) is 31.2 Å². The summed E-state index contributed by atoms with van der Waals surface area (Å²) >= 11 is 0. The molecular weight excluding hydrogens is 282 g/mol. The maximum absolute atomic E-state index is 14.4. The molecule has 2 aliphatic heterocycles. The van der Waals surface area contributed by atoms with Crippen molar-refractivity contribution in [2.45, 2.75) is 57.3 Å². The van der Waals surface area contributed by atoms with Crippen LogP contribution in [0.1, 0.15) is 36.7 Å². The number of aliphatic hydroxyl groups excluding tert-OH is 1. The number of amides is 2. The number of nitrogens with two attached hydrogens (primary N) is 1. The molecular formula is C13H18F2N4O2. The van der Waals surface area contributed by atoms with Crippen molar-refractivity contribution < 1.29 is 18.7 Å². The lowest BCUT2D eigenvalue weighted by Crippen LogP contribution is -2.45. The van der Waals surface area contributed by atoms with E-state index in [1.807, 2.05) is 6.92 Å². The zero-order chi connectivity index (χ0) is 15.4. The van der Waals surface area contributed by atoms with E-state index in [0.717, 1.165) is 0 Å². The van der Waals surface area contributed by atoms with Gasteiger partial charge in [-0.2, -0.15) is 13.9 Å². The highest BCUT2D eigenvalue weighted by molar-refractivity contribution is 5.72. The summed E-state index contributed by atoms with van der Waals surface area (Å²) in [6.45, 7) is 1.92. The summed E-state index contributed by atoms with van der Waals surface area (Å²) in [5.41, 5.74) is 6.09. The number of halogens is 2. The van der Waals surface area contributed by atoms with E-state index in [4.69, 9.17) is 5.73 Å². The number of aliphatic hydroxyl groups is 1. The van der Waals surface area contributed by atoms with Crippen molar-refractivity contribution in [2.24, 2.45) is 5.73 Å². The maximum Gasteiger partial charge on any atom is 0.315 e. The van der Waals surface area contributed by atoms with Gasteiger partial charge in [-0.15, -0.1) is 0 Å². The highest BCUT2D eigenvalue weighted by Crippen LogP contribution is 2.41. The van der Waals surface area contributed by atoms with Crippen LogP contribution >= 0.6 is 0 Å². The van der Waals surface area contributed by atoms with Crippen LogP contribution in [0.4, 0.5) is 13.6 Å². The fourth-order valence-electron chi connectivity index (χ4n) is 3.19. The van der Waals surface area contributed by atoms with Crippen LogP contribution in [-0.4, -0.2) is 38.0 Å². The van der Waals surface area contributed by atoms with Crippen LogP contribution in [0.15, 0.2) is 0 Å². The number of carbonyl (C=O) groups excluding carboxylic acids is 1. The third kappa shape index (κ3) is 2.27. The first-order chi connectivity index (χ1) is 9.79. The quantitative estimate of drug-likeness (QED) is 0.748. The van der Waals surface area contributed by atoms with Crippen LogP contribution in [-0.2, 0) is 25.4 Å². The van der Waals surface area contributed by atoms with Gasteiger partial charge >= 0.3 is 6.03 Å². The Morgan fingerprint density at radius 2 is 2.24 bits per heavy atom. The highest BCUT2D eigenvalue weighted by atomic mass is 19.3. The van der Waals surface area contributed by atoms with Crippen molar-refractivity contribution >= 4 is 6.03 Å². The van der Waals surface area contributed by atoms with E-state index in [0.29, 0.717) is 17.7 Å². The largest absolute Gasteiger partial charge is 0.391 e. The minimum absolute atomic E-state index is 0.0288. The normalized spacial score (nSPS) is 27.7. The van der Waals surface area contributed by atoms with Crippen molar-refractivity contribution in [1.29, 1.82) is 0 Å². The molecule has 0 saturated heterocycles. The number of hydrogen-bond acceptors (Lipinski definition) is 3. The Morgan fingerprint density at radius 1 is 1.52 bits per heavy atom. The Balaban J connectivity index is 2.09. The third-order valence-electron chi connectivity index (χ3n) is 4.29. The lowest BCUT2D eigenvalue weighted by atomic mass is 9.96. The number of aromatic nitrogens is 2. The van der Waals surface area contributed by atoms with Gasteiger partial charge in [0.25, 0.3) is 5.92 Å². The topological polar surface area (TPSA) is 84.4 Å². The van der Waals surface area contributed by atoms with Gasteiger partial charge in [-0.25, -0.2) is 4.79 Å². The molecule has 2 unspecified atom stereocenters. The van der Waals surface area contributed by atoms with Crippen LogP contribution in [0, 0.1) is 0 Å². The summed E-state index contributed by atoms with van der Waals surface area (Å²) in [5.74, 6) is -3.05. The van der Waals surface area contributed by atoms with Crippen molar-refractivity contribution in [2.75, 3.05) is 0 Å². The molecule has 2 atom stereocenters. The Hall–Kier alpha value is -1.70. The molecule has 0 fully saturated rings. The first-order valence-corrected chi connectivity index (χ1v) is 7.00. The Morgan fingerprint density at radius 3 is 2.90 bits per heavy atom. The second-order valence-electron chi connectivity index (χ2n) is 5.87. The molecule has 21 heavy (non-hydrogen) atoms. The summed E-state index contributed by atoms with van der Waals surface area (Å²) in [6, 6.07) is -0.794. The standard InChI is InChI=1S/C13H18F2N4O2/c1-7-4-10-9(6-18(7)12(16)21)11-13(14,15)3-2-8(20)5-19(11)17-10/h7-8,20H,2-6H2,1H3,(H2,16,21). The van der Waals surface area contributed by atoms with E-state index in [9.17, 15) is 18.7 Å². The van der Waals surface area contributed by atoms with Crippen molar-refractivity contribution in [1.82, 2.24) is 14.7 Å². The molecule has 116 valence electrons. The Kier molecular flexibility index (Phi) is 3.16. The number of fused-ring (bicyclic) bond motifs is 3. The zero-order valence-electron chi connectivity index (χ0n) is 11.7. The molecule has 8 heteroatoms. The van der Waals surface area contributed by atoms with Gasteiger partial charge in [0.1, 0.15) is 5.69 Å². The molecule has 0 radical (unpaired) electrons. The molecule has 3 N–H and O–H groups in total. The molecule has 0 bridgehead atoms. The predicted octanol–water partition coefficient (Wildman–Crippen LogP) is 0.955. The second-order valence-corrected chi connectivity index (χ2v) is 5.87. The number of alkyl halides is 2. The smallest absolute Gasteiger partial charge is 0.315 e. The van der Waals surface area contributed by atoms with Gasteiger partial charge in [-0.3, -0.25) is 4.68 Å². The third-order valence-corrected chi connectivity index (χ3v) is 4.29. The van der Waals surface area contributed by atoms with E-state index < -0.39 is 24.5 Å². The minimum atomic E-state index is -3.05. The van der Waals surface area contributed by atoms with Crippen molar-refractivity contribution in [3.05, 3.63) is 17.0 Å². The highest BCUT2D eigenvalue weighted by Gasteiger charge is 2.44. The molecule has 3 heterocycles. The molecule has 2 aliphatic rings. The van der Waals surface area contributed by atoms with Crippen LogP contribution in [0.3, 0.4) is 0 Å². The number of primary amides is 1. The number of urea groups is 1. The summed E-state index contributed by atoms with van der Waals surface area (Å²) in [6.07, 6.45) is -0.827. The van der Waals surface area contributed by atoms with E-state index >= 15 is 0 Å².